The second-order valence-electron chi connectivity index (χ2n) is 3.94. The lowest BCUT2D eigenvalue weighted by Gasteiger charge is -2.08. The predicted molar refractivity (Wildman–Crippen MR) is 79.4 cm³/mol. The summed E-state index contributed by atoms with van der Waals surface area (Å²) in [5.41, 5.74) is 1.70. The van der Waals surface area contributed by atoms with Crippen molar-refractivity contribution >= 4 is 21.9 Å². The lowest BCUT2D eigenvalue weighted by molar-refractivity contribution is 0.324. The summed E-state index contributed by atoms with van der Waals surface area (Å²) in [6.07, 6.45) is 1.65. The van der Waals surface area contributed by atoms with Crippen molar-refractivity contribution in [1.29, 1.82) is 5.26 Å². The zero-order chi connectivity index (χ0) is 14.4. The molecule has 0 bridgehead atoms. The van der Waals surface area contributed by atoms with Gasteiger partial charge in [0.25, 0.3) is 0 Å². The molecule has 0 amide bonds. The molecule has 1 aromatic heterocycles. The predicted octanol–water partition coefficient (Wildman–Crippen LogP) is 3.12. The summed E-state index contributed by atoms with van der Waals surface area (Å²) in [6, 6.07) is 9.45. The lowest BCUT2D eigenvalue weighted by Crippen LogP contribution is -2.05. The molecule has 0 spiro atoms. The van der Waals surface area contributed by atoms with Crippen LogP contribution in [0.3, 0.4) is 0 Å². The molecule has 1 N–H and O–H groups in total. The van der Waals surface area contributed by atoms with Crippen LogP contribution in [0.4, 0.5) is 5.95 Å². The summed E-state index contributed by atoms with van der Waals surface area (Å²) in [5.74, 6) is 1.02. The van der Waals surface area contributed by atoms with E-state index in [2.05, 4.69) is 37.3 Å². The fourth-order valence-electron chi connectivity index (χ4n) is 1.55. The van der Waals surface area contributed by atoms with Crippen molar-refractivity contribution in [3.05, 3.63) is 46.1 Å². The van der Waals surface area contributed by atoms with Gasteiger partial charge in [0, 0.05) is 6.54 Å². The molecule has 1 aromatic carbocycles. The highest BCUT2D eigenvalue weighted by Gasteiger charge is 2.05. The maximum absolute atomic E-state index is 8.74. The van der Waals surface area contributed by atoms with E-state index in [1.54, 1.807) is 18.3 Å². The summed E-state index contributed by atoms with van der Waals surface area (Å²) in [6.45, 7) is 3.03. The molecular formula is C14H13BrN4O. The van der Waals surface area contributed by atoms with Gasteiger partial charge < -0.3 is 10.1 Å². The minimum absolute atomic E-state index is 0.501. The van der Waals surface area contributed by atoms with Crippen molar-refractivity contribution in [2.24, 2.45) is 0 Å². The first-order valence-electron chi connectivity index (χ1n) is 6.11. The van der Waals surface area contributed by atoms with Crippen LogP contribution in [-0.4, -0.2) is 16.6 Å². The summed E-state index contributed by atoms with van der Waals surface area (Å²) < 4.78 is 6.11. The van der Waals surface area contributed by atoms with Crippen molar-refractivity contribution in [2.45, 2.75) is 13.5 Å². The Labute approximate surface area is 125 Å². The van der Waals surface area contributed by atoms with E-state index in [1.807, 2.05) is 19.1 Å². The second-order valence-corrected chi connectivity index (χ2v) is 4.80. The van der Waals surface area contributed by atoms with Gasteiger partial charge in [-0.05, 0) is 40.5 Å². The van der Waals surface area contributed by atoms with Crippen LogP contribution < -0.4 is 10.1 Å². The standard InChI is InChI=1S/C14H13BrN4O/c1-2-20-13-12(15)9-18-14(19-13)17-8-11-5-3-10(7-16)4-6-11/h3-6,9H,2,8H2,1H3,(H,17,18,19). The molecule has 5 nitrogen and oxygen atoms in total. The van der Waals surface area contributed by atoms with Crippen molar-refractivity contribution in [3.63, 3.8) is 0 Å². The van der Waals surface area contributed by atoms with Gasteiger partial charge in [0.15, 0.2) is 0 Å². The SMILES string of the molecule is CCOc1nc(NCc2ccc(C#N)cc2)ncc1Br. The molecule has 0 fully saturated rings. The van der Waals surface area contributed by atoms with Crippen LogP contribution in [0.2, 0.25) is 0 Å². The van der Waals surface area contributed by atoms with Gasteiger partial charge in [0.2, 0.25) is 11.8 Å². The van der Waals surface area contributed by atoms with E-state index in [4.69, 9.17) is 10.00 Å². The highest BCUT2D eigenvalue weighted by Crippen LogP contribution is 2.22. The molecule has 0 saturated heterocycles. The van der Waals surface area contributed by atoms with E-state index >= 15 is 0 Å². The number of nitriles is 1. The fourth-order valence-corrected chi connectivity index (χ4v) is 1.86. The third-order valence-electron chi connectivity index (χ3n) is 2.53. The van der Waals surface area contributed by atoms with Gasteiger partial charge in [0.05, 0.1) is 28.9 Å². The number of benzene rings is 1. The average Bonchev–Trinajstić information content (AvgIpc) is 2.49. The van der Waals surface area contributed by atoms with Gasteiger partial charge in [-0.25, -0.2) is 4.98 Å². The lowest BCUT2D eigenvalue weighted by atomic mass is 10.1. The van der Waals surface area contributed by atoms with Crippen LogP contribution in [0.5, 0.6) is 5.88 Å². The molecule has 1 heterocycles. The molecule has 0 aliphatic heterocycles. The molecule has 102 valence electrons. The van der Waals surface area contributed by atoms with Crippen LogP contribution in [0.1, 0.15) is 18.1 Å². The molecule has 6 heteroatoms. The van der Waals surface area contributed by atoms with Crippen LogP contribution in [0.15, 0.2) is 34.9 Å². The fraction of sp³-hybridized carbons (Fsp3) is 0.214. The van der Waals surface area contributed by atoms with Crippen molar-refractivity contribution in [2.75, 3.05) is 11.9 Å². The molecule has 2 rings (SSSR count). The van der Waals surface area contributed by atoms with Gasteiger partial charge in [-0.15, -0.1) is 0 Å². The quantitative estimate of drug-likeness (QED) is 0.910. The number of hydrogen-bond acceptors (Lipinski definition) is 5. The maximum Gasteiger partial charge on any atom is 0.232 e. The molecule has 2 aromatic rings. The molecule has 0 aliphatic carbocycles. The van der Waals surface area contributed by atoms with E-state index in [9.17, 15) is 0 Å². The number of aromatic nitrogens is 2. The summed E-state index contributed by atoms with van der Waals surface area (Å²) in [5, 5.41) is 11.9. The minimum atomic E-state index is 0.501. The number of rotatable bonds is 5. The van der Waals surface area contributed by atoms with E-state index in [1.165, 1.54) is 0 Å². The minimum Gasteiger partial charge on any atom is -0.477 e. The van der Waals surface area contributed by atoms with Crippen LogP contribution in [0.25, 0.3) is 0 Å². The normalized spacial score (nSPS) is 9.85. The Balaban J connectivity index is 2.03. The van der Waals surface area contributed by atoms with E-state index in [-0.39, 0.29) is 0 Å². The first kappa shape index (κ1) is 14.3. The first-order chi connectivity index (χ1) is 9.72. The maximum atomic E-state index is 8.74. The van der Waals surface area contributed by atoms with Crippen molar-refractivity contribution in [1.82, 2.24) is 9.97 Å². The third-order valence-corrected chi connectivity index (χ3v) is 3.07. The van der Waals surface area contributed by atoms with Gasteiger partial charge in [-0.1, -0.05) is 12.1 Å². The number of halogens is 1. The Hall–Kier alpha value is -2.13. The topological polar surface area (TPSA) is 70.8 Å². The number of hydrogen-bond donors (Lipinski definition) is 1. The van der Waals surface area contributed by atoms with Crippen LogP contribution in [-0.2, 0) is 6.54 Å². The van der Waals surface area contributed by atoms with Gasteiger partial charge in [0.1, 0.15) is 0 Å². The highest BCUT2D eigenvalue weighted by atomic mass is 79.9. The zero-order valence-corrected chi connectivity index (χ0v) is 12.5. The van der Waals surface area contributed by atoms with Crippen LogP contribution >= 0.6 is 15.9 Å². The Morgan fingerprint density at radius 1 is 1.35 bits per heavy atom. The molecule has 0 radical (unpaired) electrons. The van der Waals surface area contributed by atoms with Gasteiger partial charge in [-0.3, -0.25) is 0 Å². The average molecular weight is 333 g/mol. The monoisotopic (exact) mass is 332 g/mol. The molecule has 0 aliphatic rings. The Kier molecular flexibility index (Phi) is 4.91. The third kappa shape index (κ3) is 3.68. The number of nitrogens with one attached hydrogen (secondary N) is 1. The number of anilines is 1. The number of nitrogens with zero attached hydrogens (tertiary/aromatic N) is 3. The largest absolute Gasteiger partial charge is 0.477 e. The smallest absolute Gasteiger partial charge is 0.232 e. The molecule has 20 heavy (non-hydrogen) atoms. The second kappa shape index (κ2) is 6.87. The zero-order valence-electron chi connectivity index (χ0n) is 10.9. The number of ether oxygens (including phenoxy) is 1. The first-order valence-corrected chi connectivity index (χ1v) is 6.90. The van der Waals surface area contributed by atoms with Gasteiger partial charge in [-0.2, -0.15) is 10.2 Å². The summed E-state index contributed by atoms with van der Waals surface area (Å²) in [4.78, 5) is 8.44. The van der Waals surface area contributed by atoms with Gasteiger partial charge >= 0.3 is 0 Å². The molecule has 0 atom stereocenters. The Morgan fingerprint density at radius 2 is 2.10 bits per heavy atom. The molecular weight excluding hydrogens is 320 g/mol. The van der Waals surface area contributed by atoms with Crippen molar-refractivity contribution in [3.8, 4) is 11.9 Å². The summed E-state index contributed by atoms with van der Waals surface area (Å²) >= 11 is 3.33. The highest BCUT2D eigenvalue weighted by molar-refractivity contribution is 9.10. The van der Waals surface area contributed by atoms with Crippen molar-refractivity contribution < 1.29 is 4.74 Å². The molecule has 0 unspecified atom stereocenters. The van der Waals surface area contributed by atoms with E-state index < -0.39 is 0 Å². The Morgan fingerprint density at radius 3 is 2.75 bits per heavy atom. The molecule has 0 saturated carbocycles. The van der Waals surface area contributed by atoms with E-state index in [0.29, 0.717) is 30.5 Å². The van der Waals surface area contributed by atoms with Crippen LogP contribution in [0, 0.1) is 11.3 Å². The van der Waals surface area contributed by atoms with E-state index in [0.717, 1.165) is 10.0 Å². The Bertz CT molecular complexity index is 622. The summed E-state index contributed by atoms with van der Waals surface area (Å²) in [7, 11) is 0.